The van der Waals surface area contributed by atoms with Gasteiger partial charge in [0.2, 0.25) is 0 Å². The summed E-state index contributed by atoms with van der Waals surface area (Å²) in [5, 5.41) is 0. The molecular weight excluding hydrogens is 252 g/mol. The maximum absolute atomic E-state index is 3.68. The lowest BCUT2D eigenvalue weighted by molar-refractivity contribution is 0.182. The zero-order chi connectivity index (χ0) is 14.5. The number of hydrogen-bond donors (Lipinski definition) is 0. The van der Waals surface area contributed by atoms with Crippen LogP contribution < -0.4 is 0 Å². The summed E-state index contributed by atoms with van der Waals surface area (Å²) in [5.74, 6) is 11.9. The lowest BCUT2D eigenvalue weighted by atomic mass is 9.71. The lowest BCUT2D eigenvalue weighted by Crippen LogP contribution is -2.23. The second kappa shape index (κ2) is 7.71. The zero-order valence-electron chi connectivity index (χ0n) is 14.1. The summed E-state index contributed by atoms with van der Waals surface area (Å²) in [6, 6.07) is 0. The first-order valence-electron chi connectivity index (χ1n) is 9.82. The van der Waals surface area contributed by atoms with Crippen molar-refractivity contribution in [1.29, 1.82) is 0 Å². The summed E-state index contributed by atoms with van der Waals surface area (Å²) >= 11 is 0. The van der Waals surface area contributed by atoms with Crippen molar-refractivity contribution in [2.24, 2.45) is 29.6 Å². The van der Waals surface area contributed by atoms with Crippen LogP contribution in [-0.4, -0.2) is 0 Å². The maximum Gasteiger partial charge on any atom is 0.0203 e. The highest BCUT2D eigenvalue weighted by Gasteiger charge is 2.28. The lowest BCUT2D eigenvalue weighted by Gasteiger charge is -2.34. The van der Waals surface area contributed by atoms with Gasteiger partial charge in [-0.3, -0.25) is 0 Å². The van der Waals surface area contributed by atoms with Crippen LogP contribution in [0.4, 0.5) is 0 Å². The molecule has 0 aromatic heterocycles. The molecule has 3 aliphatic rings. The van der Waals surface area contributed by atoms with Gasteiger partial charge < -0.3 is 0 Å². The van der Waals surface area contributed by atoms with Crippen LogP contribution in [0.2, 0.25) is 0 Å². The zero-order valence-corrected chi connectivity index (χ0v) is 14.1. The monoisotopic (exact) mass is 286 g/mol. The molecular formula is C21H34. The predicted octanol–water partition coefficient (Wildman–Crippen LogP) is 6.20. The fourth-order valence-electron chi connectivity index (χ4n) is 4.98. The predicted molar refractivity (Wildman–Crippen MR) is 90.9 cm³/mol. The number of rotatable bonds is 1. The van der Waals surface area contributed by atoms with E-state index in [1.54, 1.807) is 0 Å². The summed E-state index contributed by atoms with van der Waals surface area (Å²) in [6.07, 6.45) is 18.9. The normalized spacial score (nSPS) is 38.5. The minimum absolute atomic E-state index is 0.734. The molecule has 3 rings (SSSR count). The Hall–Kier alpha value is -0.440. The van der Waals surface area contributed by atoms with Gasteiger partial charge >= 0.3 is 0 Å². The van der Waals surface area contributed by atoms with Crippen molar-refractivity contribution in [1.82, 2.24) is 0 Å². The summed E-state index contributed by atoms with van der Waals surface area (Å²) in [7, 11) is 0. The van der Waals surface area contributed by atoms with Crippen LogP contribution in [0.3, 0.4) is 0 Å². The minimum Gasteiger partial charge on any atom is -0.0996 e. The van der Waals surface area contributed by atoms with E-state index in [2.05, 4.69) is 18.8 Å². The van der Waals surface area contributed by atoms with Crippen molar-refractivity contribution < 1.29 is 0 Å². The van der Waals surface area contributed by atoms with E-state index in [4.69, 9.17) is 0 Å². The van der Waals surface area contributed by atoms with Gasteiger partial charge in [-0.15, -0.1) is 0 Å². The van der Waals surface area contributed by atoms with Gasteiger partial charge in [0.15, 0.2) is 0 Å². The molecule has 0 saturated heterocycles. The molecule has 0 atom stereocenters. The van der Waals surface area contributed by atoms with Gasteiger partial charge in [0.25, 0.3) is 0 Å². The molecule has 0 nitrogen and oxygen atoms in total. The van der Waals surface area contributed by atoms with Crippen molar-refractivity contribution in [2.45, 2.75) is 90.4 Å². The Morgan fingerprint density at radius 2 is 1.00 bits per heavy atom. The Morgan fingerprint density at radius 1 is 0.524 bits per heavy atom. The van der Waals surface area contributed by atoms with E-state index >= 15 is 0 Å². The molecule has 0 unspecified atom stereocenters. The Morgan fingerprint density at radius 3 is 1.57 bits per heavy atom. The van der Waals surface area contributed by atoms with Crippen LogP contribution in [0.5, 0.6) is 0 Å². The quantitative estimate of drug-likeness (QED) is 0.503. The molecule has 0 bridgehead atoms. The van der Waals surface area contributed by atoms with Crippen LogP contribution in [-0.2, 0) is 0 Å². The van der Waals surface area contributed by atoms with Gasteiger partial charge in [0.1, 0.15) is 0 Å². The smallest absolute Gasteiger partial charge is 0.0203 e. The molecule has 118 valence electrons. The van der Waals surface area contributed by atoms with Gasteiger partial charge in [-0.05, 0) is 69.1 Å². The molecule has 21 heavy (non-hydrogen) atoms. The Kier molecular flexibility index (Phi) is 5.68. The van der Waals surface area contributed by atoms with E-state index in [9.17, 15) is 0 Å². The van der Waals surface area contributed by atoms with Crippen LogP contribution in [0.25, 0.3) is 0 Å². The van der Waals surface area contributed by atoms with E-state index in [-0.39, 0.29) is 0 Å². The van der Waals surface area contributed by atoms with Gasteiger partial charge in [0, 0.05) is 11.8 Å². The first-order chi connectivity index (χ1) is 10.3. The van der Waals surface area contributed by atoms with E-state index in [1.165, 1.54) is 83.5 Å². The summed E-state index contributed by atoms with van der Waals surface area (Å²) in [4.78, 5) is 0. The molecule has 0 aliphatic heterocycles. The van der Waals surface area contributed by atoms with Gasteiger partial charge in [-0.2, -0.15) is 0 Å². The van der Waals surface area contributed by atoms with E-state index in [0.29, 0.717) is 0 Å². The summed E-state index contributed by atoms with van der Waals surface area (Å²) in [5.41, 5.74) is 0. The molecule has 0 radical (unpaired) electrons. The van der Waals surface area contributed by atoms with Gasteiger partial charge in [-0.1, -0.05) is 50.9 Å². The van der Waals surface area contributed by atoms with Crippen LogP contribution in [0.1, 0.15) is 90.4 Å². The number of hydrogen-bond acceptors (Lipinski definition) is 0. The molecule has 0 heteroatoms. The maximum atomic E-state index is 3.68. The SMILES string of the molecule is CC1CCC(C#CC2CCC(C3CCCCC3)CC2)CC1. The fourth-order valence-corrected chi connectivity index (χ4v) is 4.98. The first-order valence-corrected chi connectivity index (χ1v) is 9.82. The molecule has 3 fully saturated rings. The molecule has 0 aromatic carbocycles. The highest BCUT2D eigenvalue weighted by Crippen LogP contribution is 2.39. The van der Waals surface area contributed by atoms with Crippen LogP contribution in [0, 0.1) is 41.4 Å². The van der Waals surface area contributed by atoms with Crippen molar-refractivity contribution in [3.05, 3.63) is 0 Å². The average molecular weight is 287 g/mol. The second-order valence-corrected chi connectivity index (χ2v) is 8.26. The average Bonchev–Trinajstić information content (AvgIpc) is 2.56. The van der Waals surface area contributed by atoms with Crippen LogP contribution in [0.15, 0.2) is 0 Å². The van der Waals surface area contributed by atoms with Crippen molar-refractivity contribution in [2.75, 3.05) is 0 Å². The third kappa shape index (κ3) is 4.51. The van der Waals surface area contributed by atoms with Crippen molar-refractivity contribution in [3.8, 4) is 11.8 Å². The second-order valence-electron chi connectivity index (χ2n) is 8.26. The molecule has 3 aliphatic carbocycles. The molecule has 0 aromatic rings. The van der Waals surface area contributed by atoms with Gasteiger partial charge in [-0.25, -0.2) is 0 Å². The topological polar surface area (TPSA) is 0 Å². The molecule has 3 saturated carbocycles. The highest BCUT2D eigenvalue weighted by molar-refractivity contribution is 5.09. The fraction of sp³-hybridized carbons (Fsp3) is 0.905. The third-order valence-electron chi connectivity index (χ3n) is 6.60. The first kappa shape index (κ1) is 15.5. The van der Waals surface area contributed by atoms with E-state index in [1.807, 2.05) is 0 Å². The molecule has 0 heterocycles. The van der Waals surface area contributed by atoms with E-state index in [0.717, 1.165) is 29.6 Å². The highest BCUT2D eigenvalue weighted by atomic mass is 14.3. The van der Waals surface area contributed by atoms with E-state index < -0.39 is 0 Å². The summed E-state index contributed by atoms with van der Waals surface area (Å²) < 4.78 is 0. The van der Waals surface area contributed by atoms with Gasteiger partial charge in [0.05, 0.1) is 0 Å². The Bertz CT molecular complexity index is 349. The Labute approximate surface area is 132 Å². The van der Waals surface area contributed by atoms with Crippen molar-refractivity contribution >= 4 is 0 Å². The standard InChI is InChI=1S/C21H34/c1-17-7-9-18(10-8-17)11-12-19-13-15-21(16-14-19)20-5-3-2-4-6-20/h17-21H,2-10,13-16H2,1H3. The molecule has 0 N–H and O–H groups in total. The largest absolute Gasteiger partial charge is 0.0996 e. The third-order valence-corrected chi connectivity index (χ3v) is 6.60. The molecule has 0 amide bonds. The minimum atomic E-state index is 0.734. The summed E-state index contributed by atoms with van der Waals surface area (Å²) in [6.45, 7) is 2.40. The molecule has 0 spiro atoms. The van der Waals surface area contributed by atoms with Crippen molar-refractivity contribution in [3.63, 3.8) is 0 Å². The Balaban J connectivity index is 1.41. The van der Waals surface area contributed by atoms with Crippen LogP contribution >= 0.6 is 0 Å².